The van der Waals surface area contributed by atoms with Gasteiger partial charge in [0.15, 0.2) is 0 Å². The summed E-state index contributed by atoms with van der Waals surface area (Å²) in [6.45, 7) is 1.96. The molecular formula is C17H13ClN2OS. The van der Waals surface area contributed by atoms with Gasteiger partial charge < -0.3 is 5.32 Å². The third-order valence-electron chi connectivity index (χ3n) is 3.18. The Kier molecular flexibility index (Phi) is 4.22. The van der Waals surface area contributed by atoms with Crippen LogP contribution in [0.1, 0.15) is 15.4 Å². The molecule has 2 aromatic carbocycles. The van der Waals surface area contributed by atoms with Gasteiger partial charge in [0.05, 0.1) is 16.4 Å². The van der Waals surface area contributed by atoms with Crippen LogP contribution >= 0.6 is 22.9 Å². The van der Waals surface area contributed by atoms with Crippen molar-refractivity contribution in [3.8, 4) is 11.3 Å². The molecule has 1 amide bonds. The highest BCUT2D eigenvalue weighted by Gasteiger charge is 2.11. The first-order valence-electron chi connectivity index (χ1n) is 6.72. The number of carbonyl (C=O) groups is 1. The van der Waals surface area contributed by atoms with Gasteiger partial charge in [-0.3, -0.25) is 4.79 Å². The minimum absolute atomic E-state index is 0.170. The Hall–Kier alpha value is -2.17. The van der Waals surface area contributed by atoms with Gasteiger partial charge in [0.1, 0.15) is 0 Å². The summed E-state index contributed by atoms with van der Waals surface area (Å²) in [7, 11) is 0. The van der Waals surface area contributed by atoms with Crippen molar-refractivity contribution in [2.75, 3.05) is 5.32 Å². The molecule has 0 saturated carbocycles. The molecule has 3 rings (SSSR count). The molecule has 0 spiro atoms. The molecule has 0 aliphatic heterocycles. The summed E-state index contributed by atoms with van der Waals surface area (Å²) in [5, 5.41) is 6.53. The zero-order valence-electron chi connectivity index (χ0n) is 11.8. The summed E-state index contributed by atoms with van der Waals surface area (Å²) >= 11 is 7.43. The predicted molar refractivity (Wildman–Crippen MR) is 91.7 cm³/mol. The number of aryl methyl sites for hydroxylation is 1. The van der Waals surface area contributed by atoms with Gasteiger partial charge in [-0.15, -0.1) is 11.3 Å². The number of hydrogen-bond acceptors (Lipinski definition) is 3. The maximum atomic E-state index is 12.3. The van der Waals surface area contributed by atoms with Gasteiger partial charge in [0, 0.05) is 21.5 Å². The smallest absolute Gasteiger partial charge is 0.255 e. The molecule has 0 fully saturated rings. The van der Waals surface area contributed by atoms with Crippen LogP contribution in [-0.4, -0.2) is 10.9 Å². The Morgan fingerprint density at radius 1 is 1.14 bits per heavy atom. The molecule has 22 heavy (non-hydrogen) atoms. The summed E-state index contributed by atoms with van der Waals surface area (Å²) in [5.41, 5.74) is 3.09. The lowest BCUT2D eigenvalue weighted by Gasteiger charge is -2.09. The Balaban J connectivity index is 1.89. The first-order valence-corrected chi connectivity index (χ1v) is 7.98. The second kappa shape index (κ2) is 6.30. The Labute approximate surface area is 137 Å². The van der Waals surface area contributed by atoms with E-state index in [-0.39, 0.29) is 5.91 Å². The largest absolute Gasteiger partial charge is 0.321 e. The van der Waals surface area contributed by atoms with E-state index in [9.17, 15) is 4.79 Å². The minimum atomic E-state index is -0.170. The Bertz CT molecular complexity index is 812. The highest BCUT2D eigenvalue weighted by Crippen LogP contribution is 2.29. The van der Waals surface area contributed by atoms with Crippen molar-refractivity contribution >= 4 is 34.5 Å². The van der Waals surface area contributed by atoms with Crippen molar-refractivity contribution in [1.29, 1.82) is 0 Å². The Morgan fingerprint density at radius 2 is 1.86 bits per heavy atom. The highest BCUT2D eigenvalue weighted by atomic mass is 35.5. The van der Waals surface area contributed by atoms with Crippen LogP contribution in [0.2, 0.25) is 5.02 Å². The van der Waals surface area contributed by atoms with Crippen molar-refractivity contribution in [2.24, 2.45) is 0 Å². The van der Waals surface area contributed by atoms with E-state index < -0.39 is 0 Å². The molecule has 3 nitrogen and oxygen atoms in total. The SMILES string of the molecule is Cc1nc(-c2ccccc2NC(=O)c2ccc(Cl)cc2)cs1. The minimum Gasteiger partial charge on any atom is -0.321 e. The second-order valence-corrected chi connectivity index (χ2v) is 6.26. The molecule has 0 unspecified atom stereocenters. The van der Waals surface area contributed by atoms with Gasteiger partial charge in [-0.1, -0.05) is 29.8 Å². The zero-order chi connectivity index (χ0) is 15.5. The lowest BCUT2D eigenvalue weighted by Crippen LogP contribution is -2.12. The van der Waals surface area contributed by atoms with Crippen LogP contribution < -0.4 is 5.32 Å². The number of nitrogens with one attached hydrogen (secondary N) is 1. The van der Waals surface area contributed by atoms with Crippen LogP contribution in [0.4, 0.5) is 5.69 Å². The standard InChI is InChI=1S/C17H13ClN2OS/c1-11-19-16(10-22-11)14-4-2-3-5-15(14)20-17(21)12-6-8-13(18)9-7-12/h2-10H,1H3,(H,20,21). The fourth-order valence-electron chi connectivity index (χ4n) is 2.10. The van der Waals surface area contributed by atoms with Crippen molar-refractivity contribution in [1.82, 2.24) is 4.98 Å². The number of nitrogens with zero attached hydrogens (tertiary/aromatic N) is 1. The average Bonchev–Trinajstić information content (AvgIpc) is 2.95. The van der Waals surface area contributed by atoms with Crippen molar-refractivity contribution in [2.45, 2.75) is 6.92 Å². The average molecular weight is 329 g/mol. The van der Waals surface area contributed by atoms with Crippen LogP contribution in [0, 0.1) is 6.92 Å². The van der Waals surface area contributed by atoms with Gasteiger partial charge in [0.25, 0.3) is 5.91 Å². The molecule has 0 radical (unpaired) electrons. The molecule has 0 saturated heterocycles. The lowest BCUT2D eigenvalue weighted by atomic mass is 10.1. The van der Waals surface area contributed by atoms with E-state index in [1.807, 2.05) is 36.6 Å². The quantitative estimate of drug-likeness (QED) is 0.733. The molecule has 1 heterocycles. The number of rotatable bonds is 3. The number of carbonyl (C=O) groups excluding carboxylic acids is 1. The van der Waals surface area contributed by atoms with Crippen LogP contribution in [0.5, 0.6) is 0 Å². The van der Waals surface area contributed by atoms with Crippen molar-refractivity contribution in [3.63, 3.8) is 0 Å². The van der Waals surface area contributed by atoms with Gasteiger partial charge in [0.2, 0.25) is 0 Å². The van der Waals surface area contributed by atoms with Gasteiger partial charge >= 0.3 is 0 Å². The first-order chi connectivity index (χ1) is 10.6. The number of hydrogen-bond donors (Lipinski definition) is 1. The van der Waals surface area contributed by atoms with E-state index >= 15 is 0 Å². The molecule has 3 aromatic rings. The zero-order valence-corrected chi connectivity index (χ0v) is 13.4. The molecule has 0 atom stereocenters. The van der Waals surface area contributed by atoms with Gasteiger partial charge in [-0.2, -0.15) is 0 Å². The maximum Gasteiger partial charge on any atom is 0.255 e. The van der Waals surface area contributed by atoms with E-state index in [0.29, 0.717) is 10.6 Å². The molecule has 0 aliphatic carbocycles. The number of anilines is 1. The monoisotopic (exact) mass is 328 g/mol. The molecule has 110 valence electrons. The molecular weight excluding hydrogens is 316 g/mol. The number of amides is 1. The van der Waals surface area contributed by atoms with E-state index in [1.54, 1.807) is 35.6 Å². The molecule has 0 aliphatic rings. The summed E-state index contributed by atoms with van der Waals surface area (Å²) in [4.78, 5) is 16.8. The topological polar surface area (TPSA) is 42.0 Å². The lowest BCUT2D eigenvalue weighted by molar-refractivity contribution is 0.102. The summed E-state index contributed by atoms with van der Waals surface area (Å²) in [6.07, 6.45) is 0. The van der Waals surface area contributed by atoms with E-state index in [4.69, 9.17) is 11.6 Å². The summed E-state index contributed by atoms with van der Waals surface area (Å²) in [5.74, 6) is -0.170. The molecule has 5 heteroatoms. The van der Waals surface area contributed by atoms with Crippen LogP contribution in [0.25, 0.3) is 11.3 Å². The summed E-state index contributed by atoms with van der Waals surface area (Å²) in [6, 6.07) is 14.4. The third-order valence-corrected chi connectivity index (χ3v) is 4.20. The predicted octanol–water partition coefficient (Wildman–Crippen LogP) is 5.02. The third kappa shape index (κ3) is 3.18. The Morgan fingerprint density at radius 3 is 2.55 bits per heavy atom. The summed E-state index contributed by atoms with van der Waals surface area (Å²) < 4.78 is 0. The van der Waals surface area contributed by atoms with Crippen LogP contribution in [0.3, 0.4) is 0 Å². The van der Waals surface area contributed by atoms with Gasteiger partial charge in [-0.05, 0) is 37.3 Å². The maximum absolute atomic E-state index is 12.3. The normalized spacial score (nSPS) is 10.5. The van der Waals surface area contributed by atoms with Gasteiger partial charge in [-0.25, -0.2) is 4.98 Å². The number of para-hydroxylation sites is 1. The van der Waals surface area contributed by atoms with E-state index in [0.717, 1.165) is 22.0 Å². The number of halogens is 1. The fourth-order valence-corrected chi connectivity index (χ4v) is 2.84. The molecule has 1 aromatic heterocycles. The molecule has 0 bridgehead atoms. The number of thiazole rings is 1. The molecule has 1 N–H and O–H groups in total. The van der Waals surface area contributed by atoms with Crippen LogP contribution in [0.15, 0.2) is 53.9 Å². The second-order valence-electron chi connectivity index (χ2n) is 4.76. The van der Waals surface area contributed by atoms with Crippen molar-refractivity contribution < 1.29 is 4.79 Å². The number of benzene rings is 2. The van der Waals surface area contributed by atoms with E-state index in [1.165, 1.54) is 0 Å². The van der Waals surface area contributed by atoms with Crippen molar-refractivity contribution in [3.05, 3.63) is 69.5 Å². The first kappa shape index (κ1) is 14.8. The van der Waals surface area contributed by atoms with E-state index in [2.05, 4.69) is 10.3 Å². The fraction of sp³-hybridized carbons (Fsp3) is 0.0588. The van der Waals surface area contributed by atoms with Crippen LogP contribution in [-0.2, 0) is 0 Å². The highest BCUT2D eigenvalue weighted by molar-refractivity contribution is 7.09. The number of aromatic nitrogens is 1.